The fraction of sp³-hybridized carbons (Fsp3) is 0.333. The van der Waals surface area contributed by atoms with E-state index >= 15 is 0 Å². The lowest BCUT2D eigenvalue weighted by Crippen LogP contribution is -2.27. The number of aliphatic hydroxyl groups is 1. The normalized spacial score (nSPS) is 12.1. The zero-order valence-corrected chi connectivity index (χ0v) is 11.5. The van der Waals surface area contributed by atoms with Crippen LogP contribution in [0.4, 0.5) is 0 Å². The number of amides is 1. The van der Waals surface area contributed by atoms with E-state index in [0.717, 1.165) is 5.69 Å². The van der Waals surface area contributed by atoms with E-state index in [1.54, 1.807) is 16.9 Å². The van der Waals surface area contributed by atoms with Gasteiger partial charge in [0.05, 0.1) is 11.8 Å². The summed E-state index contributed by atoms with van der Waals surface area (Å²) in [5.41, 5.74) is 1.28. The second-order valence-corrected chi connectivity index (χ2v) is 4.59. The monoisotopic (exact) mass is 273 g/mol. The maximum atomic E-state index is 11.9. The van der Waals surface area contributed by atoms with Gasteiger partial charge in [-0.25, -0.2) is 4.68 Å². The van der Waals surface area contributed by atoms with Crippen molar-refractivity contribution in [3.05, 3.63) is 48.3 Å². The molecule has 5 heteroatoms. The van der Waals surface area contributed by atoms with Gasteiger partial charge in [-0.1, -0.05) is 25.1 Å². The van der Waals surface area contributed by atoms with Gasteiger partial charge in [-0.15, -0.1) is 0 Å². The molecule has 1 amide bonds. The highest BCUT2D eigenvalue weighted by Gasteiger charge is 2.10. The molecule has 0 aliphatic carbocycles. The van der Waals surface area contributed by atoms with Crippen molar-refractivity contribution in [2.24, 2.45) is 0 Å². The summed E-state index contributed by atoms with van der Waals surface area (Å²) in [6.07, 6.45) is 2.64. The summed E-state index contributed by atoms with van der Waals surface area (Å²) < 4.78 is 1.66. The first-order valence-corrected chi connectivity index (χ1v) is 6.78. The number of hydrogen-bond acceptors (Lipinski definition) is 3. The molecule has 1 aromatic heterocycles. The fourth-order valence-electron chi connectivity index (χ4n) is 1.82. The van der Waals surface area contributed by atoms with Crippen molar-refractivity contribution in [3.63, 3.8) is 0 Å². The Morgan fingerprint density at radius 1 is 1.35 bits per heavy atom. The molecule has 2 N–H and O–H groups in total. The van der Waals surface area contributed by atoms with Crippen molar-refractivity contribution < 1.29 is 9.90 Å². The van der Waals surface area contributed by atoms with E-state index in [1.807, 2.05) is 37.3 Å². The molecule has 0 saturated heterocycles. The molecule has 5 nitrogen and oxygen atoms in total. The van der Waals surface area contributed by atoms with Crippen molar-refractivity contribution in [3.8, 4) is 5.69 Å². The third-order valence-electron chi connectivity index (χ3n) is 3.08. The molecule has 106 valence electrons. The molecule has 1 heterocycles. The van der Waals surface area contributed by atoms with E-state index < -0.39 is 0 Å². The zero-order valence-electron chi connectivity index (χ0n) is 11.5. The van der Waals surface area contributed by atoms with Crippen molar-refractivity contribution in [1.82, 2.24) is 15.1 Å². The molecule has 2 aromatic rings. The van der Waals surface area contributed by atoms with Gasteiger partial charge in [-0.3, -0.25) is 4.79 Å². The summed E-state index contributed by atoms with van der Waals surface area (Å²) in [5, 5.41) is 16.4. The highest BCUT2D eigenvalue weighted by atomic mass is 16.3. The Morgan fingerprint density at radius 2 is 2.10 bits per heavy atom. The number of nitrogens with zero attached hydrogens (tertiary/aromatic N) is 2. The minimum absolute atomic E-state index is 0.219. The van der Waals surface area contributed by atoms with Gasteiger partial charge in [-0.2, -0.15) is 5.10 Å². The number of rotatable bonds is 6. The third-order valence-corrected chi connectivity index (χ3v) is 3.08. The smallest absolute Gasteiger partial charge is 0.271 e. The van der Waals surface area contributed by atoms with Crippen molar-refractivity contribution >= 4 is 5.91 Å². The van der Waals surface area contributed by atoms with Crippen LogP contribution in [0.25, 0.3) is 5.69 Å². The van der Waals surface area contributed by atoms with E-state index in [1.165, 1.54) is 0 Å². The van der Waals surface area contributed by atoms with Gasteiger partial charge in [0.15, 0.2) is 5.69 Å². The summed E-state index contributed by atoms with van der Waals surface area (Å²) in [4.78, 5) is 11.9. The first-order valence-electron chi connectivity index (χ1n) is 6.78. The quantitative estimate of drug-likeness (QED) is 0.842. The third kappa shape index (κ3) is 3.68. The van der Waals surface area contributed by atoms with Gasteiger partial charge in [0.25, 0.3) is 5.91 Å². The molecule has 1 aromatic carbocycles. The second kappa shape index (κ2) is 6.86. The number of aliphatic hydroxyl groups excluding tert-OH is 1. The van der Waals surface area contributed by atoms with Gasteiger partial charge in [0.2, 0.25) is 0 Å². The fourth-order valence-corrected chi connectivity index (χ4v) is 1.82. The van der Waals surface area contributed by atoms with Crippen LogP contribution < -0.4 is 5.32 Å². The molecule has 20 heavy (non-hydrogen) atoms. The number of nitrogens with one attached hydrogen (secondary N) is 1. The number of benzene rings is 1. The van der Waals surface area contributed by atoms with E-state index in [0.29, 0.717) is 25.1 Å². The summed E-state index contributed by atoms with van der Waals surface area (Å²) in [6.45, 7) is 2.36. The van der Waals surface area contributed by atoms with Crippen LogP contribution in [0.3, 0.4) is 0 Å². The lowest BCUT2D eigenvalue weighted by Gasteiger charge is -2.07. The topological polar surface area (TPSA) is 67.2 Å². The number of carbonyl (C=O) groups excluding carboxylic acids is 1. The van der Waals surface area contributed by atoms with Crippen molar-refractivity contribution in [2.45, 2.75) is 25.9 Å². The Balaban J connectivity index is 1.93. The van der Waals surface area contributed by atoms with Gasteiger partial charge in [0.1, 0.15) is 0 Å². The molecule has 0 saturated carbocycles. The summed E-state index contributed by atoms with van der Waals surface area (Å²) in [5.74, 6) is -0.219. The van der Waals surface area contributed by atoms with Crippen LogP contribution in [0, 0.1) is 0 Å². The molecular weight excluding hydrogens is 254 g/mol. The number of aromatic nitrogens is 2. The van der Waals surface area contributed by atoms with Crippen LogP contribution in [0.1, 0.15) is 30.3 Å². The summed E-state index contributed by atoms with van der Waals surface area (Å²) >= 11 is 0. The van der Waals surface area contributed by atoms with Gasteiger partial charge < -0.3 is 10.4 Å². The van der Waals surface area contributed by atoms with Crippen LogP contribution >= 0.6 is 0 Å². The SMILES string of the molecule is CCC(O)CCNC(=O)c1ccn(-c2ccccc2)n1. The average Bonchev–Trinajstić information content (AvgIpc) is 2.97. The first kappa shape index (κ1) is 14.3. The molecule has 2 rings (SSSR count). The van der Waals surface area contributed by atoms with Crippen LogP contribution in [-0.4, -0.2) is 33.4 Å². The van der Waals surface area contributed by atoms with Crippen molar-refractivity contribution in [2.75, 3.05) is 6.54 Å². The van der Waals surface area contributed by atoms with E-state index in [4.69, 9.17) is 0 Å². The Hall–Kier alpha value is -2.14. The maximum absolute atomic E-state index is 11.9. The highest BCUT2D eigenvalue weighted by molar-refractivity contribution is 5.92. The van der Waals surface area contributed by atoms with Gasteiger partial charge in [0, 0.05) is 12.7 Å². The van der Waals surface area contributed by atoms with Gasteiger partial charge in [-0.05, 0) is 31.0 Å². The first-order chi connectivity index (χ1) is 9.70. The Kier molecular flexibility index (Phi) is 4.90. The maximum Gasteiger partial charge on any atom is 0.271 e. The lowest BCUT2D eigenvalue weighted by molar-refractivity contribution is 0.0936. The molecule has 0 spiro atoms. The predicted molar refractivity (Wildman–Crippen MR) is 76.8 cm³/mol. The molecule has 0 aliphatic rings. The molecule has 1 atom stereocenters. The molecule has 0 aliphatic heterocycles. The van der Waals surface area contributed by atoms with E-state index in [-0.39, 0.29) is 12.0 Å². The lowest BCUT2D eigenvalue weighted by atomic mass is 10.2. The standard InChI is InChI=1S/C15H19N3O2/c1-2-13(19)8-10-16-15(20)14-9-11-18(17-14)12-6-4-3-5-7-12/h3-7,9,11,13,19H,2,8,10H2,1H3,(H,16,20). The molecule has 0 fully saturated rings. The molecule has 0 bridgehead atoms. The molecule has 0 radical (unpaired) electrons. The second-order valence-electron chi connectivity index (χ2n) is 4.59. The number of carbonyl (C=O) groups is 1. The van der Waals surface area contributed by atoms with Crippen LogP contribution in [0.5, 0.6) is 0 Å². The van der Waals surface area contributed by atoms with Crippen LogP contribution in [0.2, 0.25) is 0 Å². The Morgan fingerprint density at radius 3 is 2.80 bits per heavy atom. The molecule has 1 unspecified atom stereocenters. The number of para-hydroxylation sites is 1. The largest absolute Gasteiger partial charge is 0.393 e. The van der Waals surface area contributed by atoms with E-state index in [2.05, 4.69) is 10.4 Å². The number of hydrogen-bond donors (Lipinski definition) is 2. The Labute approximate surface area is 118 Å². The minimum Gasteiger partial charge on any atom is -0.393 e. The Bertz CT molecular complexity index is 551. The predicted octanol–water partition coefficient (Wildman–Crippen LogP) is 1.76. The summed E-state index contributed by atoms with van der Waals surface area (Å²) in [7, 11) is 0. The highest BCUT2D eigenvalue weighted by Crippen LogP contribution is 2.06. The van der Waals surface area contributed by atoms with Crippen LogP contribution in [0.15, 0.2) is 42.6 Å². The molecular formula is C15H19N3O2. The average molecular weight is 273 g/mol. The van der Waals surface area contributed by atoms with Gasteiger partial charge >= 0.3 is 0 Å². The zero-order chi connectivity index (χ0) is 14.4. The van der Waals surface area contributed by atoms with E-state index in [9.17, 15) is 9.90 Å². The minimum atomic E-state index is -0.364. The van der Waals surface area contributed by atoms with Crippen LogP contribution in [-0.2, 0) is 0 Å². The summed E-state index contributed by atoms with van der Waals surface area (Å²) in [6, 6.07) is 11.3. The van der Waals surface area contributed by atoms with Crippen molar-refractivity contribution in [1.29, 1.82) is 0 Å².